The number of likely N-dealkylation sites (tertiary alicyclic amines) is 1. The standard InChI is InChI=1S/C28H36F3N5O3/c1-18-3-4-21(33-26(37)36-6-5-19(17-36)14-28(29,30)31)13-23(18)20-11-24(32-22-15-27(2,38)16-22)34-25(12-20)35-7-9-39-10-8-35/h3-4,11-13,19,22,38H,5-10,14-17H2,1-2H3,(H,32,34)(H,33,37)/t19-,22-,27+/m0/s1. The van der Waals surface area contributed by atoms with Gasteiger partial charge in [0.15, 0.2) is 0 Å². The fourth-order valence-corrected chi connectivity index (χ4v) is 5.74. The number of ether oxygens (including phenoxy) is 1. The quantitative estimate of drug-likeness (QED) is 0.471. The van der Waals surface area contributed by atoms with Crippen molar-refractivity contribution in [3.8, 4) is 11.1 Å². The molecule has 3 aliphatic rings. The van der Waals surface area contributed by atoms with Gasteiger partial charge in [0.25, 0.3) is 0 Å². The van der Waals surface area contributed by atoms with Crippen molar-refractivity contribution in [2.24, 2.45) is 5.92 Å². The number of aryl methyl sites for hydroxylation is 1. The number of nitrogens with zero attached hydrogens (tertiary/aromatic N) is 3. The molecule has 0 unspecified atom stereocenters. The summed E-state index contributed by atoms with van der Waals surface area (Å²) in [5, 5.41) is 16.5. The maximum atomic E-state index is 12.9. The predicted molar refractivity (Wildman–Crippen MR) is 144 cm³/mol. The normalized spacial score (nSPS) is 25.4. The molecule has 3 fully saturated rings. The largest absolute Gasteiger partial charge is 0.390 e. The highest BCUT2D eigenvalue weighted by molar-refractivity contribution is 5.91. The first-order valence-corrected chi connectivity index (χ1v) is 13.5. The van der Waals surface area contributed by atoms with Crippen molar-refractivity contribution in [2.45, 2.75) is 57.3 Å². The number of hydrogen-bond acceptors (Lipinski definition) is 6. The SMILES string of the molecule is Cc1ccc(NC(=O)N2CC[C@@H](CC(F)(F)F)C2)cc1-c1cc(N[C@H]2C[C@@](C)(O)C2)nc(N2CCOCC2)c1. The first kappa shape index (κ1) is 27.5. The monoisotopic (exact) mass is 547 g/mol. The molecule has 1 saturated carbocycles. The fraction of sp³-hybridized carbons (Fsp3) is 0.571. The van der Waals surface area contributed by atoms with Gasteiger partial charge >= 0.3 is 12.2 Å². The van der Waals surface area contributed by atoms with Gasteiger partial charge in [-0.25, -0.2) is 9.78 Å². The van der Waals surface area contributed by atoms with Crippen LogP contribution in [-0.4, -0.2) is 78.2 Å². The second-order valence-electron chi connectivity index (χ2n) is 11.3. The summed E-state index contributed by atoms with van der Waals surface area (Å²) in [6.07, 6.45) is -3.45. The van der Waals surface area contributed by atoms with Gasteiger partial charge in [0.1, 0.15) is 11.6 Å². The summed E-state index contributed by atoms with van der Waals surface area (Å²) in [5.41, 5.74) is 2.78. The second-order valence-corrected chi connectivity index (χ2v) is 11.3. The topological polar surface area (TPSA) is 90.0 Å². The van der Waals surface area contributed by atoms with E-state index in [2.05, 4.69) is 15.5 Å². The smallest absolute Gasteiger partial charge is 0.389 e. The summed E-state index contributed by atoms with van der Waals surface area (Å²) < 4.78 is 43.9. The summed E-state index contributed by atoms with van der Waals surface area (Å²) in [6, 6.07) is 9.38. The maximum Gasteiger partial charge on any atom is 0.389 e. The summed E-state index contributed by atoms with van der Waals surface area (Å²) in [4.78, 5) is 21.4. The van der Waals surface area contributed by atoms with Crippen molar-refractivity contribution in [3.05, 3.63) is 35.9 Å². The van der Waals surface area contributed by atoms with Crippen molar-refractivity contribution >= 4 is 23.4 Å². The number of benzene rings is 1. The molecule has 1 atom stereocenters. The number of rotatable bonds is 6. The first-order chi connectivity index (χ1) is 18.4. The second kappa shape index (κ2) is 10.8. The van der Waals surface area contributed by atoms with Gasteiger partial charge in [-0.3, -0.25) is 0 Å². The lowest BCUT2D eigenvalue weighted by atomic mass is 9.77. The van der Waals surface area contributed by atoms with E-state index in [1.54, 1.807) is 6.07 Å². The van der Waals surface area contributed by atoms with Crippen LogP contribution in [0.3, 0.4) is 0 Å². The summed E-state index contributed by atoms with van der Waals surface area (Å²) in [6.45, 7) is 6.94. The van der Waals surface area contributed by atoms with Crippen LogP contribution in [0.15, 0.2) is 30.3 Å². The molecule has 11 heteroatoms. The van der Waals surface area contributed by atoms with Crippen LogP contribution in [0.25, 0.3) is 11.1 Å². The van der Waals surface area contributed by atoms with Crippen molar-refractivity contribution in [3.63, 3.8) is 0 Å². The summed E-state index contributed by atoms with van der Waals surface area (Å²) in [7, 11) is 0. The third-order valence-electron chi connectivity index (χ3n) is 7.76. The number of amides is 2. The molecular formula is C28H36F3N5O3. The number of carbonyl (C=O) groups is 1. The van der Waals surface area contributed by atoms with Crippen LogP contribution in [0, 0.1) is 12.8 Å². The lowest BCUT2D eigenvalue weighted by Gasteiger charge is -2.41. The number of halogens is 3. The number of nitrogens with one attached hydrogen (secondary N) is 2. The van der Waals surface area contributed by atoms with Gasteiger partial charge in [0.2, 0.25) is 0 Å². The van der Waals surface area contributed by atoms with E-state index in [-0.39, 0.29) is 12.6 Å². The highest BCUT2D eigenvalue weighted by atomic mass is 19.4. The third kappa shape index (κ3) is 6.94. The number of carbonyl (C=O) groups excluding carboxylic acids is 1. The van der Waals surface area contributed by atoms with Crippen molar-refractivity contribution in [1.82, 2.24) is 9.88 Å². The van der Waals surface area contributed by atoms with Crippen LogP contribution in [0.1, 0.15) is 38.2 Å². The van der Waals surface area contributed by atoms with E-state index >= 15 is 0 Å². The highest BCUT2D eigenvalue weighted by Crippen LogP contribution is 2.36. The Bertz CT molecular complexity index is 1190. The minimum Gasteiger partial charge on any atom is -0.390 e. The molecule has 2 aromatic rings. The van der Waals surface area contributed by atoms with Crippen LogP contribution >= 0.6 is 0 Å². The summed E-state index contributed by atoms with van der Waals surface area (Å²) in [5.74, 6) is 0.979. The Morgan fingerprint density at radius 1 is 1.18 bits per heavy atom. The van der Waals surface area contributed by atoms with Gasteiger partial charge in [-0.05, 0) is 80.0 Å². The van der Waals surface area contributed by atoms with Crippen LogP contribution in [0.5, 0.6) is 0 Å². The molecule has 3 heterocycles. The van der Waals surface area contributed by atoms with E-state index < -0.39 is 30.1 Å². The Hall–Kier alpha value is -3.05. The van der Waals surface area contributed by atoms with Gasteiger partial charge in [-0.15, -0.1) is 0 Å². The number of hydrogen-bond donors (Lipinski definition) is 3. The zero-order valence-corrected chi connectivity index (χ0v) is 22.4. The van der Waals surface area contributed by atoms with Crippen molar-refractivity contribution in [2.75, 3.05) is 54.9 Å². The Kier molecular flexibility index (Phi) is 7.65. The number of urea groups is 1. The van der Waals surface area contributed by atoms with Crippen molar-refractivity contribution < 1.29 is 27.8 Å². The number of anilines is 3. The molecule has 1 aromatic carbocycles. The average Bonchev–Trinajstić information content (AvgIpc) is 3.31. The minimum absolute atomic E-state index is 0.0976. The first-order valence-electron chi connectivity index (χ1n) is 13.5. The molecule has 2 amide bonds. The van der Waals surface area contributed by atoms with E-state index in [1.165, 1.54) is 4.90 Å². The summed E-state index contributed by atoms with van der Waals surface area (Å²) >= 11 is 0. The lowest BCUT2D eigenvalue weighted by molar-refractivity contribution is -0.143. The molecule has 0 radical (unpaired) electrons. The molecule has 2 saturated heterocycles. The lowest BCUT2D eigenvalue weighted by Crippen LogP contribution is -2.48. The maximum absolute atomic E-state index is 12.9. The number of morpholine rings is 1. The van der Waals surface area contributed by atoms with Gasteiger partial charge in [0.05, 0.1) is 18.8 Å². The van der Waals surface area contributed by atoms with E-state index in [0.717, 1.165) is 41.4 Å². The molecule has 0 spiro atoms. The number of alkyl halides is 3. The predicted octanol–water partition coefficient (Wildman–Crippen LogP) is 5.03. The molecule has 39 heavy (non-hydrogen) atoms. The average molecular weight is 548 g/mol. The Labute approximate surface area is 226 Å². The van der Waals surface area contributed by atoms with Gasteiger partial charge in [-0.2, -0.15) is 13.2 Å². The van der Waals surface area contributed by atoms with E-state index in [0.29, 0.717) is 44.7 Å². The Morgan fingerprint density at radius 2 is 1.92 bits per heavy atom. The van der Waals surface area contributed by atoms with Crippen LogP contribution in [-0.2, 0) is 4.74 Å². The molecule has 2 aliphatic heterocycles. The van der Waals surface area contributed by atoms with E-state index in [4.69, 9.17) is 9.72 Å². The molecule has 5 rings (SSSR count). The van der Waals surface area contributed by atoms with Crippen LogP contribution < -0.4 is 15.5 Å². The van der Waals surface area contributed by atoms with Crippen molar-refractivity contribution in [1.29, 1.82) is 0 Å². The molecular weight excluding hydrogens is 511 g/mol. The van der Waals surface area contributed by atoms with Crippen LogP contribution in [0.4, 0.5) is 35.3 Å². The van der Waals surface area contributed by atoms with Gasteiger partial charge < -0.3 is 30.3 Å². The molecule has 1 aliphatic carbocycles. The van der Waals surface area contributed by atoms with Gasteiger partial charge in [-0.1, -0.05) is 6.07 Å². The number of pyridine rings is 1. The van der Waals surface area contributed by atoms with Gasteiger partial charge in [0, 0.05) is 44.3 Å². The number of aromatic nitrogens is 1. The van der Waals surface area contributed by atoms with E-state index in [9.17, 15) is 23.1 Å². The molecule has 0 bridgehead atoms. The fourth-order valence-electron chi connectivity index (χ4n) is 5.74. The third-order valence-corrected chi connectivity index (χ3v) is 7.76. The minimum atomic E-state index is -4.22. The zero-order chi connectivity index (χ0) is 27.8. The Balaban J connectivity index is 1.35. The zero-order valence-electron chi connectivity index (χ0n) is 22.4. The Morgan fingerprint density at radius 3 is 2.62 bits per heavy atom. The molecule has 1 aromatic heterocycles. The molecule has 8 nitrogen and oxygen atoms in total. The van der Waals surface area contributed by atoms with Crippen LogP contribution in [0.2, 0.25) is 0 Å². The number of aliphatic hydroxyl groups is 1. The molecule has 3 N–H and O–H groups in total. The molecule has 212 valence electrons. The van der Waals surface area contributed by atoms with E-state index in [1.807, 2.05) is 38.1 Å². The highest BCUT2D eigenvalue weighted by Gasteiger charge is 2.39.